The lowest BCUT2D eigenvalue weighted by Crippen LogP contribution is -2.94. The van der Waals surface area contributed by atoms with Crippen molar-refractivity contribution in [1.82, 2.24) is 0 Å². The largest absolute Gasteiger partial charge is 0.544 e. The number of aliphatic hydroxyl groups excluding tert-OH is 1. The molecule has 25 heavy (non-hydrogen) atoms. The summed E-state index contributed by atoms with van der Waals surface area (Å²) in [4.78, 5) is 23.3. The van der Waals surface area contributed by atoms with E-state index in [9.17, 15) is 14.7 Å². The number of methoxy groups -OCH3 is 2. The highest BCUT2D eigenvalue weighted by Gasteiger charge is 2.19. The van der Waals surface area contributed by atoms with Crippen LogP contribution in [0.25, 0.3) is 0 Å². The van der Waals surface area contributed by atoms with Crippen LogP contribution in [0.15, 0.2) is 18.2 Å². The first kappa shape index (κ1) is 20.7. The number of aliphatic carboxylic acids is 1. The van der Waals surface area contributed by atoms with Crippen molar-refractivity contribution in [2.45, 2.75) is 12.5 Å². The summed E-state index contributed by atoms with van der Waals surface area (Å²) in [5.74, 6) is -0.845. The van der Waals surface area contributed by atoms with Crippen LogP contribution < -0.4 is 25.2 Å². The molecule has 0 aliphatic heterocycles. The van der Waals surface area contributed by atoms with Crippen molar-refractivity contribution in [2.75, 3.05) is 45.9 Å². The van der Waals surface area contributed by atoms with Crippen LogP contribution in [0.4, 0.5) is 5.69 Å². The third-order valence-corrected chi connectivity index (χ3v) is 3.34. The van der Waals surface area contributed by atoms with Gasteiger partial charge in [-0.1, -0.05) is 0 Å². The molecule has 0 spiro atoms. The molecule has 1 aromatic rings. The number of nitrogens with one attached hydrogen (secondary N) is 1. The zero-order chi connectivity index (χ0) is 18.7. The summed E-state index contributed by atoms with van der Waals surface area (Å²) in [6, 6.07) is 3.83. The molecule has 1 atom stereocenters. The lowest BCUT2D eigenvalue weighted by molar-refractivity contribution is -0.683. The first-order valence-electron chi connectivity index (χ1n) is 7.76. The Balaban J connectivity index is 2.58. The van der Waals surface area contributed by atoms with Gasteiger partial charge >= 0.3 is 0 Å². The van der Waals surface area contributed by atoms with Crippen LogP contribution in [0.5, 0.6) is 11.5 Å². The van der Waals surface area contributed by atoms with E-state index in [2.05, 4.69) is 5.32 Å². The SMILES string of the molecule is COc1ccc(NC(=O)C[C@H]([NH2+]CCOCCO)C(=O)[O-])c(OC)c1. The van der Waals surface area contributed by atoms with Gasteiger partial charge in [0.15, 0.2) is 0 Å². The number of ether oxygens (including phenoxy) is 3. The van der Waals surface area contributed by atoms with Crippen molar-refractivity contribution in [2.24, 2.45) is 0 Å². The average molecular weight is 356 g/mol. The van der Waals surface area contributed by atoms with Crippen LogP contribution in [0.1, 0.15) is 6.42 Å². The number of hydrogen-bond acceptors (Lipinski definition) is 7. The number of quaternary nitrogens is 1. The van der Waals surface area contributed by atoms with E-state index in [1.165, 1.54) is 19.5 Å². The first-order valence-corrected chi connectivity index (χ1v) is 7.76. The number of anilines is 1. The van der Waals surface area contributed by atoms with Gasteiger partial charge in [0, 0.05) is 6.07 Å². The van der Waals surface area contributed by atoms with E-state index in [0.29, 0.717) is 23.7 Å². The molecule has 0 aliphatic carbocycles. The van der Waals surface area contributed by atoms with Gasteiger partial charge in [0.2, 0.25) is 5.91 Å². The maximum Gasteiger partial charge on any atom is 0.230 e. The van der Waals surface area contributed by atoms with Crippen LogP contribution in [-0.4, -0.2) is 63.6 Å². The number of hydrogen-bond donors (Lipinski definition) is 3. The topological polar surface area (TPSA) is 134 Å². The number of carboxylic acid groups (broad SMARTS) is 1. The summed E-state index contributed by atoms with van der Waals surface area (Å²) in [6.07, 6.45) is -0.266. The number of carbonyl (C=O) groups is 2. The zero-order valence-electron chi connectivity index (χ0n) is 14.3. The van der Waals surface area contributed by atoms with E-state index in [0.717, 1.165) is 0 Å². The van der Waals surface area contributed by atoms with Gasteiger partial charge in [-0.25, -0.2) is 0 Å². The van der Waals surface area contributed by atoms with Crippen LogP contribution in [0.3, 0.4) is 0 Å². The molecule has 1 amide bonds. The fraction of sp³-hybridized carbons (Fsp3) is 0.500. The number of amides is 1. The van der Waals surface area contributed by atoms with Gasteiger partial charge in [-0.15, -0.1) is 0 Å². The molecule has 0 heterocycles. The molecule has 0 fully saturated rings. The molecule has 9 nitrogen and oxygen atoms in total. The van der Waals surface area contributed by atoms with Crippen LogP contribution in [0, 0.1) is 0 Å². The van der Waals surface area contributed by atoms with Crippen molar-refractivity contribution in [1.29, 1.82) is 0 Å². The van der Waals surface area contributed by atoms with Gasteiger partial charge in [-0.3, -0.25) is 4.79 Å². The van der Waals surface area contributed by atoms with Crippen LogP contribution in [0.2, 0.25) is 0 Å². The lowest BCUT2D eigenvalue weighted by Gasteiger charge is -2.17. The molecular weight excluding hydrogens is 332 g/mol. The van der Waals surface area contributed by atoms with E-state index < -0.39 is 17.9 Å². The zero-order valence-corrected chi connectivity index (χ0v) is 14.3. The minimum absolute atomic E-state index is 0.101. The number of carbonyl (C=O) groups excluding carboxylic acids is 2. The molecule has 0 aliphatic rings. The van der Waals surface area contributed by atoms with Crippen LogP contribution in [-0.2, 0) is 14.3 Å². The minimum atomic E-state index is -1.33. The molecular formula is C16H24N2O7. The summed E-state index contributed by atoms with van der Waals surface area (Å²) in [5, 5.41) is 23.8. The second-order valence-corrected chi connectivity index (χ2v) is 5.10. The number of carboxylic acids is 1. The Hall–Kier alpha value is -2.36. The van der Waals surface area contributed by atoms with Gasteiger partial charge in [-0.05, 0) is 12.1 Å². The number of aliphatic hydroxyl groups is 1. The van der Waals surface area contributed by atoms with E-state index >= 15 is 0 Å². The predicted molar refractivity (Wildman–Crippen MR) is 86.3 cm³/mol. The minimum Gasteiger partial charge on any atom is -0.544 e. The fourth-order valence-electron chi connectivity index (χ4n) is 2.08. The second-order valence-electron chi connectivity index (χ2n) is 5.10. The van der Waals surface area contributed by atoms with Gasteiger partial charge in [0.1, 0.15) is 17.5 Å². The standard InChI is InChI=1S/C16H24N2O7/c1-23-11-3-4-12(14(9-11)24-2)18-15(20)10-13(16(21)22)17-5-7-25-8-6-19/h3-4,9,13,17,19H,5-8,10H2,1-2H3,(H,18,20)(H,21,22)/t13-/m0/s1. The predicted octanol–water partition coefficient (Wildman–Crippen LogP) is -2.28. The van der Waals surface area contributed by atoms with E-state index in [1.807, 2.05) is 0 Å². The summed E-state index contributed by atoms with van der Waals surface area (Å²) in [6.45, 7) is 0.674. The number of benzene rings is 1. The molecule has 0 radical (unpaired) electrons. The van der Waals surface area contributed by atoms with Gasteiger partial charge in [0.05, 0.1) is 58.7 Å². The highest BCUT2D eigenvalue weighted by atomic mass is 16.5. The van der Waals surface area contributed by atoms with Crippen molar-refractivity contribution in [3.05, 3.63) is 18.2 Å². The third-order valence-electron chi connectivity index (χ3n) is 3.34. The fourth-order valence-corrected chi connectivity index (χ4v) is 2.08. The third kappa shape index (κ3) is 7.38. The number of nitrogens with two attached hydrogens (primary N) is 1. The lowest BCUT2D eigenvalue weighted by atomic mass is 10.2. The Labute approximate surface area is 145 Å². The normalized spacial score (nSPS) is 11.6. The average Bonchev–Trinajstić information content (AvgIpc) is 2.60. The van der Waals surface area contributed by atoms with Crippen molar-refractivity contribution in [3.8, 4) is 11.5 Å². The Morgan fingerprint density at radius 1 is 1.28 bits per heavy atom. The smallest absolute Gasteiger partial charge is 0.230 e. The molecule has 0 saturated heterocycles. The molecule has 1 rings (SSSR count). The molecule has 9 heteroatoms. The van der Waals surface area contributed by atoms with Gasteiger partial charge < -0.3 is 39.9 Å². The molecule has 1 aromatic carbocycles. The Morgan fingerprint density at radius 2 is 2.04 bits per heavy atom. The van der Waals surface area contributed by atoms with E-state index in [4.69, 9.17) is 19.3 Å². The molecule has 0 unspecified atom stereocenters. The molecule has 140 valence electrons. The summed E-state index contributed by atoms with van der Waals surface area (Å²) in [5.41, 5.74) is 0.414. The Bertz CT molecular complexity index is 565. The number of rotatable bonds is 12. The van der Waals surface area contributed by atoms with Gasteiger partial charge in [0.25, 0.3) is 0 Å². The molecule has 0 aromatic heterocycles. The highest BCUT2D eigenvalue weighted by molar-refractivity contribution is 5.94. The second kappa shape index (κ2) is 11.2. The molecule has 0 bridgehead atoms. The summed E-state index contributed by atoms with van der Waals surface area (Å²) in [7, 11) is 2.96. The summed E-state index contributed by atoms with van der Waals surface area (Å²) >= 11 is 0. The maximum atomic E-state index is 12.1. The van der Waals surface area contributed by atoms with Crippen molar-refractivity contribution < 1.29 is 39.3 Å². The maximum absolute atomic E-state index is 12.1. The van der Waals surface area contributed by atoms with E-state index in [-0.39, 0.29) is 26.2 Å². The Kier molecular flexibility index (Phi) is 9.30. The van der Waals surface area contributed by atoms with Crippen molar-refractivity contribution in [3.63, 3.8) is 0 Å². The van der Waals surface area contributed by atoms with E-state index in [1.54, 1.807) is 18.2 Å². The van der Waals surface area contributed by atoms with Crippen molar-refractivity contribution >= 4 is 17.6 Å². The van der Waals surface area contributed by atoms with Crippen LogP contribution >= 0.6 is 0 Å². The quantitative estimate of drug-likeness (QED) is 0.359. The summed E-state index contributed by atoms with van der Waals surface area (Å²) < 4.78 is 15.3. The highest BCUT2D eigenvalue weighted by Crippen LogP contribution is 2.29. The molecule has 4 N–H and O–H groups in total. The van der Waals surface area contributed by atoms with Gasteiger partial charge in [-0.2, -0.15) is 0 Å². The molecule has 0 saturated carbocycles. The monoisotopic (exact) mass is 356 g/mol. The first-order chi connectivity index (χ1) is 12.0. The Morgan fingerprint density at radius 3 is 2.64 bits per heavy atom.